The molecule has 0 aliphatic carbocycles. The number of rotatable bonds is 6. The normalized spacial score (nSPS) is 10.7. The van der Waals surface area contributed by atoms with Crippen LogP contribution in [0, 0.1) is 17.0 Å². The van der Waals surface area contributed by atoms with Gasteiger partial charge in [0.15, 0.2) is 0 Å². The van der Waals surface area contributed by atoms with Crippen molar-refractivity contribution in [2.75, 3.05) is 6.54 Å². The van der Waals surface area contributed by atoms with Crippen molar-refractivity contribution >= 4 is 5.69 Å². The quantitative estimate of drug-likeness (QED) is 0.647. The first kappa shape index (κ1) is 14.2. The minimum absolute atomic E-state index is 0.162. The first-order chi connectivity index (χ1) is 9.61. The van der Waals surface area contributed by atoms with Crippen LogP contribution >= 0.6 is 0 Å². The first-order valence-corrected chi connectivity index (χ1v) is 6.56. The molecule has 0 radical (unpaired) electrons. The van der Waals surface area contributed by atoms with Crippen LogP contribution in [0.25, 0.3) is 0 Å². The summed E-state index contributed by atoms with van der Waals surface area (Å²) in [5.74, 6) is 0. The van der Waals surface area contributed by atoms with Crippen LogP contribution in [0.5, 0.6) is 0 Å². The molecule has 6 nitrogen and oxygen atoms in total. The summed E-state index contributed by atoms with van der Waals surface area (Å²) in [4.78, 5) is 14.9. The lowest BCUT2D eigenvalue weighted by atomic mass is 10.1. The van der Waals surface area contributed by atoms with Crippen molar-refractivity contribution in [3.8, 4) is 0 Å². The molecule has 20 heavy (non-hydrogen) atoms. The van der Waals surface area contributed by atoms with Crippen LogP contribution in [-0.2, 0) is 13.1 Å². The highest BCUT2D eigenvalue weighted by molar-refractivity contribution is 5.44. The lowest BCUT2D eigenvalue weighted by molar-refractivity contribution is -0.385. The highest BCUT2D eigenvalue weighted by Crippen LogP contribution is 2.21. The van der Waals surface area contributed by atoms with Crippen LogP contribution in [-0.4, -0.2) is 21.0 Å². The maximum Gasteiger partial charge on any atom is 0.272 e. The highest BCUT2D eigenvalue weighted by Gasteiger charge is 2.13. The Balaban J connectivity index is 2.16. The minimum atomic E-state index is -0.344. The van der Waals surface area contributed by atoms with E-state index >= 15 is 0 Å². The number of hydrogen-bond donors (Lipinski definition) is 1. The van der Waals surface area contributed by atoms with Crippen LogP contribution in [0.1, 0.15) is 23.7 Å². The van der Waals surface area contributed by atoms with E-state index in [0.717, 1.165) is 24.3 Å². The molecule has 0 saturated carbocycles. The van der Waals surface area contributed by atoms with Crippen molar-refractivity contribution in [1.82, 2.24) is 14.9 Å². The molecule has 106 valence electrons. The van der Waals surface area contributed by atoms with Gasteiger partial charge < -0.3 is 9.88 Å². The Labute approximate surface area is 117 Å². The summed E-state index contributed by atoms with van der Waals surface area (Å²) >= 11 is 0. The van der Waals surface area contributed by atoms with Gasteiger partial charge in [-0.05, 0) is 19.0 Å². The van der Waals surface area contributed by atoms with Gasteiger partial charge in [-0.3, -0.25) is 10.1 Å². The number of nitrogens with zero attached hydrogens (tertiary/aromatic N) is 3. The standard InChI is InChI=1S/C14H18N4O2/c1-3-15-7-13-9-17(10-16-13)8-12-5-4-6-14(11(12)2)18(19)20/h4-6,9-10,15H,3,7-8H2,1-2H3. The second-order valence-electron chi connectivity index (χ2n) is 4.64. The predicted molar refractivity (Wildman–Crippen MR) is 76.5 cm³/mol. The van der Waals surface area contributed by atoms with Crippen molar-refractivity contribution in [2.45, 2.75) is 26.9 Å². The average Bonchev–Trinajstić information content (AvgIpc) is 2.86. The fourth-order valence-corrected chi connectivity index (χ4v) is 2.07. The van der Waals surface area contributed by atoms with Crippen LogP contribution < -0.4 is 5.32 Å². The number of aromatic nitrogens is 2. The fraction of sp³-hybridized carbons (Fsp3) is 0.357. The zero-order valence-electron chi connectivity index (χ0n) is 11.7. The zero-order valence-corrected chi connectivity index (χ0v) is 11.7. The molecular formula is C14H18N4O2. The zero-order chi connectivity index (χ0) is 14.5. The Morgan fingerprint density at radius 3 is 2.95 bits per heavy atom. The second kappa shape index (κ2) is 6.29. The Bertz CT molecular complexity index is 607. The first-order valence-electron chi connectivity index (χ1n) is 6.56. The van der Waals surface area contributed by atoms with Gasteiger partial charge in [-0.2, -0.15) is 0 Å². The van der Waals surface area contributed by atoms with Gasteiger partial charge in [0.05, 0.1) is 16.9 Å². The SMILES string of the molecule is CCNCc1cn(Cc2cccc([N+](=O)[O-])c2C)cn1. The van der Waals surface area contributed by atoms with Crippen molar-refractivity contribution in [3.05, 3.63) is 57.7 Å². The van der Waals surface area contributed by atoms with Crippen LogP contribution in [0.3, 0.4) is 0 Å². The Morgan fingerprint density at radius 2 is 2.25 bits per heavy atom. The monoisotopic (exact) mass is 274 g/mol. The number of imidazole rings is 1. The van der Waals surface area contributed by atoms with E-state index < -0.39 is 0 Å². The molecule has 1 aromatic carbocycles. The number of benzene rings is 1. The number of nitro groups is 1. The average molecular weight is 274 g/mol. The predicted octanol–water partition coefficient (Wildman–Crippen LogP) is 2.26. The Hall–Kier alpha value is -2.21. The molecule has 0 saturated heterocycles. The summed E-state index contributed by atoms with van der Waals surface area (Å²) in [7, 11) is 0. The van der Waals surface area contributed by atoms with E-state index in [1.54, 1.807) is 19.3 Å². The van der Waals surface area contributed by atoms with Gasteiger partial charge in [-0.15, -0.1) is 0 Å². The van der Waals surface area contributed by atoms with Gasteiger partial charge in [0, 0.05) is 30.9 Å². The molecule has 2 aromatic rings. The molecule has 0 amide bonds. The Kier molecular flexibility index (Phi) is 4.47. The lowest BCUT2D eigenvalue weighted by Crippen LogP contribution is -2.11. The fourth-order valence-electron chi connectivity index (χ4n) is 2.07. The molecule has 0 fully saturated rings. The van der Waals surface area contributed by atoms with E-state index in [1.165, 1.54) is 6.07 Å². The van der Waals surface area contributed by atoms with E-state index in [0.29, 0.717) is 12.1 Å². The van der Waals surface area contributed by atoms with Crippen LogP contribution in [0.2, 0.25) is 0 Å². The smallest absolute Gasteiger partial charge is 0.272 e. The molecule has 0 spiro atoms. The molecule has 0 unspecified atom stereocenters. The van der Waals surface area contributed by atoms with E-state index in [4.69, 9.17) is 0 Å². The third-order valence-electron chi connectivity index (χ3n) is 3.21. The Morgan fingerprint density at radius 1 is 1.45 bits per heavy atom. The van der Waals surface area contributed by atoms with Gasteiger partial charge in [0.25, 0.3) is 5.69 Å². The van der Waals surface area contributed by atoms with Crippen LogP contribution in [0.4, 0.5) is 5.69 Å². The number of nitrogens with one attached hydrogen (secondary N) is 1. The van der Waals surface area contributed by atoms with Crippen LogP contribution in [0.15, 0.2) is 30.7 Å². The molecule has 0 bridgehead atoms. The van der Waals surface area contributed by atoms with E-state index in [2.05, 4.69) is 10.3 Å². The molecule has 0 aliphatic rings. The van der Waals surface area contributed by atoms with Gasteiger partial charge >= 0.3 is 0 Å². The molecule has 0 atom stereocenters. The van der Waals surface area contributed by atoms with Gasteiger partial charge in [0.1, 0.15) is 0 Å². The second-order valence-corrected chi connectivity index (χ2v) is 4.64. The molecule has 1 aromatic heterocycles. The maximum atomic E-state index is 10.9. The minimum Gasteiger partial charge on any atom is -0.333 e. The summed E-state index contributed by atoms with van der Waals surface area (Å²) in [6, 6.07) is 5.16. The number of nitro benzene ring substituents is 1. The largest absolute Gasteiger partial charge is 0.333 e. The maximum absolute atomic E-state index is 10.9. The summed E-state index contributed by atoms with van der Waals surface area (Å²) in [6.45, 7) is 6.05. The van der Waals surface area contributed by atoms with Crippen molar-refractivity contribution < 1.29 is 4.92 Å². The topological polar surface area (TPSA) is 73.0 Å². The lowest BCUT2D eigenvalue weighted by Gasteiger charge is -2.06. The van der Waals surface area contributed by atoms with Gasteiger partial charge in [-0.1, -0.05) is 19.1 Å². The third-order valence-corrected chi connectivity index (χ3v) is 3.21. The van der Waals surface area contributed by atoms with Crippen molar-refractivity contribution in [3.63, 3.8) is 0 Å². The third kappa shape index (κ3) is 3.21. The van der Waals surface area contributed by atoms with E-state index in [-0.39, 0.29) is 10.6 Å². The van der Waals surface area contributed by atoms with Crippen molar-refractivity contribution in [2.24, 2.45) is 0 Å². The molecule has 1 heterocycles. The van der Waals surface area contributed by atoms with E-state index in [9.17, 15) is 10.1 Å². The van der Waals surface area contributed by atoms with Gasteiger partial charge in [0.2, 0.25) is 0 Å². The molecule has 6 heteroatoms. The number of hydrogen-bond acceptors (Lipinski definition) is 4. The summed E-state index contributed by atoms with van der Waals surface area (Å²) in [6.07, 6.45) is 3.71. The highest BCUT2D eigenvalue weighted by atomic mass is 16.6. The van der Waals surface area contributed by atoms with Crippen molar-refractivity contribution in [1.29, 1.82) is 0 Å². The molecule has 1 N–H and O–H groups in total. The van der Waals surface area contributed by atoms with E-state index in [1.807, 2.05) is 23.8 Å². The summed E-state index contributed by atoms with van der Waals surface area (Å²) in [5, 5.41) is 14.1. The molecular weight excluding hydrogens is 256 g/mol. The van der Waals surface area contributed by atoms with Gasteiger partial charge in [-0.25, -0.2) is 4.98 Å². The summed E-state index contributed by atoms with van der Waals surface area (Å²) < 4.78 is 1.94. The molecule has 2 rings (SSSR count). The summed E-state index contributed by atoms with van der Waals surface area (Å²) in [5.41, 5.74) is 2.77. The molecule has 0 aliphatic heterocycles.